The number of likely N-dealkylation sites (tertiary alicyclic amines) is 2. The van der Waals surface area contributed by atoms with Crippen molar-refractivity contribution < 1.29 is 14.3 Å². The molecule has 2 amide bonds. The van der Waals surface area contributed by atoms with Crippen LogP contribution in [-0.4, -0.2) is 59.4 Å². The maximum atomic E-state index is 13.6. The van der Waals surface area contributed by atoms with Gasteiger partial charge in [0.25, 0.3) is 0 Å². The smallest absolute Gasteiger partial charge is 0.228 e. The number of rotatable bonds is 7. The molecule has 0 unspecified atom stereocenters. The molecule has 198 valence electrons. The van der Waals surface area contributed by atoms with Crippen molar-refractivity contribution in [3.8, 4) is 5.88 Å². The second-order valence-corrected chi connectivity index (χ2v) is 11.9. The molecule has 3 aliphatic rings. The van der Waals surface area contributed by atoms with Gasteiger partial charge in [-0.2, -0.15) is 0 Å². The van der Waals surface area contributed by atoms with Crippen LogP contribution in [0.4, 0.5) is 0 Å². The highest BCUT2D eigenvalue weighted by Crippen LogP contribution is 2.47. The van der Waals surface area contributed by atoms with Crippen LogP contribution in [0.15, 0.2) is 42.6 Å². The van der Waals surface area contributed by atoms with Gasteiger partial charge in [0.1, 0.15) is 0 Å². The Balaban J connectivity index is 1.20. The summed E-state index contributed by atoms with van der Waals surface area (Å²) in [5, 5.41) is 1.30. The topological polar surface area (TPSA) is 62.7 Å². The number of ether oxygens (including phenoxy) is 1. The van der Waals surface area contributed by atoms with Crippen LogP contribution in [-0.2, 0) is 9.59 Å². The van der Waals surface area contributed by atoms with E-state index in [9.17, 15) is 9.59 Å². The normalized spacial score (nSPS) is 23.5. The summed E-state index contributed by atoms with van der Waals surface area (Å²) in [7, 11) is 0. The monoisotopic (exact) mass is 543 g/mol. The van der Waals surface area contributed by atoms with E-state index in [-0.39, 0.29) is 29.1 Å². The highest BCUT2D eigenvalue weighted by atomic mass is 35.5. The molecule has 6 nitrogen and oxygen atoms in total. The van der Waals surface area contributed by atoms with E-state index in [2.05, 4.69) is 28.9 Å². The van der Waals surface area contributed by atoms with Crippen molar-refractivity contribution in [3.05, 3.63) is 58.2 Å². The average molecular weight is 545 g/mol. The van der Waals surface area contributed by atoms with Gasteiger partial charge in [0.05, 0.1) is 11.6 Å². The quantitative estimate of drug-likeness (QED) is 0.440. The van der Waals surface area contributed by atoms with Crippen molar-refractivity contribution in [2.75, 3.05) is 32.8 Å². The summed E-state index contributed by atoms with van der Waals surface area (Å²) in [5.41, 5.74) is 1.06. The minimum Gasteiger partial charge on any atom is -0.478 e. The number of amides is 2. The Kier molecular flexibility index (Phi) is 7.96. The Hall–Kier alpha value is -2.31. The molecule has 5 rings (SSSR count). The first-order valence-electron chi connectivity index (χ1n) is 13.4. The molecule has 0 bridgehead atoms. The number of hydrogen-bond acceptors (Lipinski definition) is 4. The predicted octanol–water partition coefficient (Wildman–Crippen LogP) is 5.83. The molecule has 37 heavy (non-hydrogen) atoms. The molecule has 1 saturated carbocycles. The highest BCUT2D eigenvalue weighted by molar-refractivity contribution is 6.30. The van der Waals surface area contributed by atoms with Crippen molar-refractivity contribution in [1.29, 1.82) is 0 Å². The number of nitrogens with zero attached hydrogens (tertiary/aromatic N) is 3. The van der Waals surface area contributed by atoms with Gasteiger partial charge in [-0.3, -0.25) is 9.59 Å². The van der Waals surface area contributed by atoms with Crippen molar-refractivity contribution in [3.63, 3.8) is 0 Å². The first kappa shape index (κ1) is 26.3. The number of piperidine rings is 2. The Bertz CT molecular complexity index is 1100. The van der Waals surface area contributed by atoms with E-state index in [1.165, 1.54) is 5.56 Å². The fourth-order valence-corrected chi connectivity index (χ4v) is 6.00. The zero-order valence-corrected chi connectivity index (χ0v) is 22.9. The first-order chi connectivity index (χ1) is 17.8. The van der Waals surface area contributed by atoms with Gasteiger partial charge in [-0.05, 0) is 68.2 Å². The number of carbonyl (C=O) groups is 2. The van der Waals surface area contributed by atoms with Gasteiger partial charge in [-0.15, -0.1) is 0 Å². The maximum absolute atomic E-state index is 13.6. The third-order valence-electron chi connectivity index (χ3n) is 8.45. The Morgan fingerprint density at radius 2 is 1.65 bits per heavy atom. The minimum absolute atomic E-state index is 0.00205. The summed E-state index contributed by atoms with van der Waals surface area (Å²) >= 11 is 12.1. The van der Waals surface area contributed by atoms with Crippen LogP contribution < -0.4 is 4.74 Å². The predicted molar refractivity (Wildman–Crippen MR) is 145 cm³/mol. The van der Waals surface area contributed by atoms with E-state index >= 15 is 0 Å². The molecule has 0 radical (unpaired) electrons. The van der Waals surface area contributed by atoms with E-state index in [4.69, 9.17) is 27.9 Å². The summed E-state index contributed by atoms with van der Waals surface area (Å²) in [6.45, 7) is 5.45. The number of aromatic nitrogens is 1. The number of benzene rings is 1. The highest BCUT2D eigenvalue weighted by Gasteiger charge is 2.48. The SMILES string of the molecule is CC1(C(=O)N2CCC(C(=O)N3CC[C@H](CCOc4ccc(Cl)cn4)[C@H](c4ccc(Cl)cc4)C3)CC2)CC1. The van der Waals surface area contributed by atoms with E-state index in [1.54, 1.807) is 18.3 Å². The lowest BCUT2D eigenvalue weighted by molar-refractivity contribution is -0.144. The second-order valence-electron chi connectivity index (χ2n) is 11.1. The lowest BCUT2D eigenvalue weighted by Crippen LogP contribution is -2.49. The lowest BCUT2D eigenvalue weighted by atomic mass is 9.78. The summed E-state index contributed by atoms with van der Waals surface area (Å²) in [5.74, 6) is 1.68. The Morgan fingerprint density at radius 3 is 2.30 bits per heavy atom. The standard InChI is InChI=1S/C29H35Cl2N3O3/c1-29(12-13-29)28(36)33-14-9-22(10-15-33)27(35)34-16-8-21(11-17-37-26-7-6-24(31)18-32-26)25(19-34)20-2-4-23(30)5-3-20/h2-7,18,21-22,25H,8-17,19H2,1H3/t21-,25+/m1/s1. The van der Waals surface area contributed by atoms with Crippen molar-refractivity contribution >= 4 is 35.0 Å². The number of hydrogen-bond donors (Lipinski definition) is 0. The molecule has 2 atom stereocenters. The summed E-state index contributed by atoms with van der Waals surface area (Å²) in [6, 6.07) is 11.6. The number of pyridine rings is 1. The van der Waals surface area contributed by atoms with Gasteiger partial charge in [0.15, 0.2) is 0 Å². The fourth-order valence-electron chi connectivity index (χ4n) is 5.77. The molecule has 3 heterocycles. The molecular formula is C29H35Cl2N3O3. The van der Waals surface area contributed by atoms with Crippen LogP contribution in [0.25, 0.3) is 0 Å². The largest absolute Gasteiger partial charge is 0.478 e. The zero-order chi connectivity index (χ0) is 26.0. The Labute approximate surface area is 229 Å². The second kappa shape index (κ2) is 11.2. The van der Waals surface area contributed by atoms with Crippen LogP contribution in [0, 0.1) is 17.3 Å². The van der Waals surface area contributed by atoms with Crippen molar-refractivity contribution in [1.82, 2.24) is 14.8 Å². The van der Waals surface area contributed by atoms with E-state index < -0.39 is 0 Å². The molecule has 2 saturated heterocycles. The number of carbonyl (C=O) groups excluding carboxylic acids is 2. The molecule has 2 aliphatic heterocycles. The minimum atomic E-state index is -0.141. The van der Waals surface area contributed by atoms with E-state index in [0.717, 1.165) is 45.1 Å². The molecule has 1 aliphatic carbocycles. The van der Waals surface area contributed by atoms with E-state index in [1.807, 2.05) is 17.0 Å². The van der Waals surface area contributed by atoms with Crippen LogP contribution in [0.2, 0.25) is 10.0 Å². The third-order valence-corrected chi connectivity index (χ3v) is 8.93. The van der Waals surface area contributed by atoms with Crippen LogP contribution in [0.1, 0.15) is 56.9 Å². The van der Waals surface area contributed by atoms with Crippen LogP contribution in [0.3, 0.4) is 0 Å². The van der Waals surface area contributed by atoms with Gasteiger partial charge in [-0.25, -0.2) is 4.98 Å². The van der Waals surface area contributed by atoms with Gasteiger partial charge in [0.2, 0.25) is 17.7 Å². The zero-order valence-electron chi connectivity index (χ0n) is 21.4. The summed E-state index contributed by atoms with van der Waals surface area (Å²) in [4.78, 5) is 34.5. The first-order valence-corrected chi connectivity index (χ1v) is 14.2. The molecule has 2 aromatic rings. The fraction of sp³-hybridized carbons (Fsp3) is 0.552. The average Bonchev–Trinajstić information content (AvgIpc) is 3.68. The molecule has 3 fully saturated rings. The third kappa shape index (κ3) is 6.23. The molecule has 1 aromatic heterocycles. The molecular weight excluding hydrogens is 509 g/mol. The van der Waals surface area contributed by atoms with Crippen molar-refractivity contribution in [2.24, 2.45) is 17.3 Å². The van der Waals surface area contributed by atoms with Gasteiger partial charge in [0, 0.05) is 60.7 Å². The van der Waals surface area contributed by atoms with Gasteiger partial charge in [-0.1, -0.05) is 42.3 Å². The summed E-state index contributed by atoms with van der Waals surface area (Å²) in [6.07, 6.45) is 6.89. The molecule has 0 spiro atoms. The lowest BCUT2D eigenvalue weighted by Gasteiger charge is -2.41. The van der Waals surface area contributed by atoms with E-state index in [0.29, 0.717) is 48.1 Å². The summed E-state index contributed by atoms with van der Waals surface area (Å²) < 4.78 is 5.89. The maximum Gasteiger partial charge on any atom is 0.228 e. The van der Waals surface area contributed by atoms with Crippen LogP contribution >= 0.6 is 23.2 Å². The van der Waals surface area contributed by atoms with Crippen LogP contribution in [0.5, 0.6) is 5.88 Å². The van der Waals surface area contributed by atoms with Gasteiger partial charge >= 0.3 is 0 Å². The van der Waals surface area contributed by atoms with Gasteiger partial charge < -0.3 is 14.5 Å². The van der Waals surface area contributed by atoms with Crippen molar-refractivity contribution in [2.45, 2.75) is 51.4 Å². The Morgan fingerprint density at radius 1 is 0.973 bits per heavy atom. The molecule has 8 heteroatoms. The molecule has 0 N–H and O–H groups in total. The number of halogens is 2. The molecule has 1 aromatic carbocycles.